The van der Waals surface area contributed by atoms with Gasteiger partial charge >= 0.3 is 0 Å². The summed E-state index contributed by atoms with van der Waals surface area (Å²) in [5.41, 5.74) is 2.22. The molecule has 1 unspecified atom stereocenters. The minimum Gasteiger partial charge on any atom is -0.369 e. The number of nitrogens with one attached hydrogen (secondary N) is 1. The van der Waals surface area contributed by atoms with Crippen LogP contribution in [0.1, 0.15) is 11.8 Å². The quantitative estimate of drug-likeness (QED) is 0.884. The van der Waals surface area contributed by atoms with Crippen LogP contribution in [0, 0.1) is 0 Å². The second-order valence-electron chi connectivity index (χ2n) is 4.01. The molecule has 0 radical (unpaired) electrons. The summed E-state index contributed by atoms with van der Waals surface area (Å²) in [6.07, 6.45) is 0.109. The normalized spacial score (nSPS) is 20.4. The Bertz CT molecular complexity index is 477. The van der Waals surface area contributed by atoms with E-state index in [1.54, 1.807) is 11.3 Å². The Labute approximate surface area is 104 Å². The molecule has 17 heavy (non-hydrogen) atoms. The van der Waals surface area contributed by atoms with Crippen molar-refractivity contribution in [3.05, 3.63) is 41.4 Å². The molecular weight excluding hydrogens is 232 g/mol. The van der Waals surface area contributed by atoms with E-state index >= 15 is 0 Å². The molecule has 3 nitrogen and oxygen atoms in total. The summed E-state index contributed by atoms with van der Waals surface area (Å²) < 4.78 is 5.69. The first-order chi connectivity index (χ1) is 8.43. The van der Waals surface area contributed by atoms with Crippen molar-refractivity contribution < 1.29 is 4.74 Å². The standard InChI is InChI=1S/C13H14N2OS/c1-2-4-10(5-3-1)13-15-11(9-17-13)12-8-14-6-7-16-12/h1-5,9,12,14H,6-8H2. The topological polar surface area (TPSA) is 34.2 Å². The zero-order valence-corrected chi connectivity index (χ0v) is 10.2. The van der Waals surface area contributed by atoms with Crippen molar-refractivity contribution in [3.8, 4) is 10.6 Å². The average Bonchev–Trinajstić information content (AvgIpc) is 2.90. The van der Waals surface area contributed by atoms with Gasteiger partial charge in [-0.1, -0.05) is 30.3 Å². The van der Waals surface area contributed by atoms with Crippen LogP contribution in [0.15, 0.2) is 35.7 Å². The largest absolute Gasteiger partial charge is 0.369 e. The van der Waals surface area contributed by atoms with E-state index in [1.165, 1.54) is 5.56 Å². The van der Waals surface area contributed by atoms with Crippen molar-refractivity contribution in [2.45, 2.75) is 6.10 Å². The van der Waals surface area contributed by atoms with E-state index in [0.29, 0.717) is 0 Å². The highest BCUT2D eigenvalue weighted by atomic mass is 32.1. The molecule has 0 spiro atoms. The molecule has 3 rings (SSSR count). The Morgan fingerprint density at radius 2 is 2.18 bits per heavy atom. The maximum absolute atomic E-state index is 5.69. The van der Waals surface area contributed by atoms with E-state index in [-0.39, 0.29) is 6.10 Å². The molecule has 1 fully saturated rings. The van der Waals surface area contributed by atoms with Crippen LogP contribution in [0.25, 0.3) is 10.6 Å². The fraction of sp³-hybridized carbons (Fsp3) is 0.308. The van der Waals surface area contributed by atoms with Crippen molar-refractivity contribution in [1.82, 2.24) is 10.3 Å². The fourth-order valence-electron chi connectivity index (χ4n) is 1.90. The zero-order valence-electron chi connectivity index (χ0n) is 9.43. The van der Waals surface area contributed by atoms with Gasteiger partial charge in [0.15, 0.2) is 0 Å². The molecule has 0 bridgehead atoms. The Kier molecular flexibility index (Phi) is 3.18. The van der Waals surface area contributed by atoms with Gasteiger partial charge in [0.1, 0.15) is 11.1 Å². The third-order valence-corrected chi connectivity index (χ3v) is 3.71. The molecule has 2 aromatic rings. The lowest BCUT2D eigenvalue weighted by Crippen LogP contribution is -2.33. The van der Waals surface area contributed by atoms with E-state index in [9.17, 15) is 0 Å². The third kappa shape index (κ3) is 2.39. The van der Waals surface area contributed by atoms with E-state index < -0.39 is 0 Å². The lowest BCUT2D eigenvalue weighted by Gasteiger charge is -2.21. The number of nitrogens with zero attached hydrogens (tertiary/aromatic N) is 1. The number of aromatic nitrogens is 1. The van der Waals surface area contributed by atoms with Crippen molar-refractivity contribution in [3.63, 3.8) is 0 Å². The van der Waals surface area contributed by atoms with Gasteiger partial charge in [-0.05, 0) is 0 Å². The second-order valence-corrected chi connectivity index (χ2v) is 4.87. The minimum absolute atomic E-state index is 0.109. The average molecular weight is 246 g/mol. The number of hydrogen-bond acceptors (Lipinski definition) is 4. The highest BCUT2D eigenvalue weighted by Gasteiger charge is 2.18. The summed E-state index contributed by atoms with van der Waals surface area (Å²) in [6.45, 7) is 2.56. The first-order valence-corrected chi connectivity index (χ1v) is 6.64. The predicted octanol–water partition coefficient (Wildman–Crippen LogP) is 2.47. The van der Waals surface area contributed by atoms with Crippen LogP contribution in [0.5, 0.6) is 0 Å². The maximum Gasteiger partial charge on any atom is 0.123 e. The van der Waals surface area contributed by atoms with Gasteiger partial charge in [0.25, 0.3) is 0 Å². The monoisotopic (exact) mass is 246 g/mol. The van der Waals surface area contributed by atoms with E-state index in [0.717, 1.165) is 30.4 Å². The van der Waals surface area contributed by atoms with Gasteiger partial charge in [0.2, 0.25) is 0 Å². The van der Waals surface area contributed by atoms with Crippen LogP contribution >= 0.6 is 11.3 Å². The molecule has 1 aromatic heterocycles. The molecule has 0 aliphatic carbocycles. The lowest BCUT2D eigenvalue weighted by atomic mass is 10.2. The molecular formula is C13H14N2OS. The number of thiazole rings is 1. The summed E-state index contributed by atoms with van der Waals surface area (Å²) >= 11 is 1.68. The highest BCUT2D eigenvalue weighted by Crippen LogP contribution is 2.27. The van der Waals surface area contributed by atoms with E-state index in [4.69, 9.17) is 4.74 Å². The zero-order chi connectivity index (χ0) is 11.5. The molecule has 1 aromatic carbocycles. The van der Waals surface area contributed by atoms with Gasteiger partial charge in [0.05, 0.1) is 12.3 Å². The third-order valence-electron chi connectivity index (χ3n) is 2.80. The van der Waals surface area contributed by atoms with E-state index in [1.807, 2.05) is 18.2 Å². The first kappa shape index (κ1) is 10.9. The molecule has 1 aliphatic rings. The Balaban J connectivity index is 1.83. The van der Waals surface area contributed by atoms with E-state index in [2.05, 4.69) is 27.8 Å². The first-order valence-electron chi connectivity index (χ1n) is 5.76. The maximum atomic E-state index is 5.69. The van der Waals surface area contributed by atoms with Gasteiger partial charge in [0, 0.05) is 24.0 Å². The van der Waals surface area contributed by atoms with Crippen LogP contribution < -0.4 is 5.32 Å². The van der Waals surface area contributed by atoms with Gasteiger partial charge in [-0.2, -0.15) is 0 Å². The van der Waals surface area contributed by atoms with Crippen LogP contribution in [0.2, 0.25) is 0 Å². The van der Waals surface area contributed by atoms with Gasteiger partial charge in [-0.25, -0.2) is 4.98 Å². The highest BCUT2D eigenvalue weighted by molar-refractivity contribution is 7.13. The molecule has 1 aliphatic heterocycles. The lowest BCUT2D eigenvalue weighted by molar-refractivity contribution is 0.0254. The van der Waals surface area contributed by atoms with Crippen molar-refractivity contribution >= 4 is 11.3 Å². The van der Waals surface area contributed by atoms with Crippen LogP contribution in [0.3, 0.4) is 0 Å². The van der Waals surface area contributed by atoms with Crippen LogP contribution in [-0.4, -0.2) is 24.7 Å². The fourth-order valence-corrected chi connectivity index (χ4v) is 2.77. The van der Waals surface area contributed by atoms with Gasteiger partial charge in [-0.3, -0.25) is 0 Å². The van der Waals surface area contributed by atoms with Crippen LogP contribution in [-0.2, 0) is 4.74 Å². The Morgan fingerprint density at radius 3 is 2.94 bits per heavy atom. The molecule has 1 saturated heterocycles. The second kappa shape index (κ2) is 4.96. The summed E-state index contributed by atoms with van der Waals surface area (Å²) in [6, 6.07) is 10.3. The molecule has 2 heterocycles. The number of ether oxygens (including phenoxy) is 1. The summed E-state index contributed by atoms with van der Waals surface area (Å²) in [5, 5.41) is 6.48. The Hall–Kier alpha value is -1.23. The molecule has 0 saturated carbocycles. The molecule has 88 valence electrons. The Morgan fingerprint density at radius 1 is 1.29 bits per heavy atom. The summed E-state index contributed by atoms with van der Waals surface area (Å²) in [7, 11) is 0. The molecule has 0 amide bonds. The number of morpholine rings is 1. The van der Waals surface area contributed by atoms with Gasteiger partial charge < -0.3 is 10.1 Å². The molecule has 4 heteroatoms. The number of hydrogen-bond donors (Lipinski definition) is 1. The van der Waals surface area contributed by atoms with Crippen molar-refractivity contribution in [2.24, 2.45) is 0 Å². The predicted molar refractivity (Wildman–Crippen MR) is 69.1 cm³/mol. The minimum atomic E-state index is 0.109. The molecule has 1 atom stereocenters. The van der Waals surface area contributed by atoms with Crippen molar-refractivity contribution in [1.29, 1.82) is 0 Å². The summed E-state index contributed by atoms with van der Waals surface area (Å²) in [4.78, 5) is 4.66. The van der Waals surface area contributed by atoms with Crippen LogP contribution in [0.4, 0.5) is 0 Å². The number of rotatable bonds is 2. The smallest absolute Gasteiger partial charge is 0.123 e. The van der Waals surface area contributed by atoms with Gasteiger partial charge in [-0.15, -0.1) is 11.3 Å². The SMILES string of the molecule is c1ccc(-c2nc(C3CNCCO3)cs2)cc1. The molecule has 1 N–H and O–H groups in total. The summed E-state index contributed by atoms with van der Waals surface area (Å²) in [5.74, 6) is 0. The van der Waals surface area contributed by atoms with Crippen molar-refractivity contribution in [2.75, 3.05) is 19.7 Å². The number of benzene rings is 1.